The van der Waals surface area contributed by atoms with E-state index in [2.05, 4.69) is 0 Å². The standard InChI is InChI=1S/C13H18N2O5/c1-13(2,3)20-7-6-19-12(16)10-8-9(15(17)18)4-5-11(10)14/h4-5,8H,6-7,14H2,1-3H3. The zero-order valence-corrected chi connectivity index (χ0v) is 11.7. The average Bonchev–Trinajstić information content (AvgIpc) is 2.33. The minimum Gasteiger partial charge on any atom is -0.460 e. The molecule has 0 aliphatic carbocycles. The zero-order valence-electron chi connectivity index (χ0n) is 11.7. The SMILES string of the molecule is CC(C)(C)OCCOC(=O)c1cc([N+](=O)[O-])ccc1N. The normalized spacial score (nSPS) is 11.2. The van der Waals surface area contributed by atoms with Crippen molar-refractivity contribution < 1.29 is 19.2 Å². The lowest BCUT2D eigenvalue weighted by molar-refractivity contribution is -0.384. The summed E-state index contributed by atoms with van der Waals surface area (Å²) in [6, 6.07) is 3.64. The summed E-state index contributed by atoms with van der Waals surface area (Å²) in [6.07, 6.45) is 0. The monoisotopic (exact) mass is 282 g/mol. The first-order valence-corrected chi connectivity index (χ1v) is 6.06. The third-order valence-corrected chi connectivity index (χ3v) is 2.32. The minimum absolute atomic E-state index is 0.0186. The molecule has 7 nitrogen and oxygen atoms in total. The van der Waals surface area contributed by atoms with Crippen molar-refractivity contribution in [2.75, 3.05) is 18.9 Å². The quantitative estimate of drug-likeness (QED) is 0.292. The van der Waals surface area contributed by atoms with Crippen LogP contribution in [-0.2, 0) is 9.47 Å². The number of nitrogen functional groups attached to an aromatic ring is 1. The molecule has 0 saturated heterocycles. The fraction of sp³-hybridized carbons (Fsp3) is 0.462. The third kappa shape index (κ3) is 4.85. The number of rotatable bonds is 5. The van der Waals surface area contributed by atoms with Crippen molar-refractivity contribution in [2.24, 2.45) is 0 Å². The Morgan fingerprint density at radius 2 is 2.00 bits per heavy atom. The predicted octanol–water partition coefficient (Wildman–Crippen LogP) is 2.15. The number of non-ortho nitro benzene ring substituents is 1. The van der Waals surface area contributed by atoms with Gasteiger partial charge in [0.1, 0.15) is 6.61 Å². The molecule has 110 valence electrons. The number of nitro groups is 1. The molecule has 0 radical (unpaired) electrons. The molecule has 0 aliphatic rings. The molecule has 0 heterocycles. The molecule has 0 aliphatic heterocycles. The van der Waals surface area contributed by atoms with Crippen LogP contribution >= 0.6 is 0 Å². The van der Waals surface area contributed by atoms with Crippen molar-refractivity contribution >= 4 is 17.3 Å². The summed E-state index contributed by atoms with van der Waals surface area (Å²) in [6.45, 7) is 5.94. The molecule has 0 fully saturated rings. The molecule has 0 amide bonds. The van der Waals surface area contributed by atoms with Crippen molar-refractivity contribution in [3.05, 3.63) is 33.9 Å². The first-order chi connectivity index (χ1) is 9.20. The van der Waals surface area contributed by atoms with Gasteiger partial charge in [-0.1, -0.05) is 0 Å². The van der Waals surface area contributed by atoms with Crippen molar-refractivity contribution in [1.29, 1.82) is 0 Å². The van der Waals surface area contributed by atoms with E-state index in [4.69, 9.17) is 15.2 Å². The van der Waals surface area contributed by atoms with Crippen LogP contribution in [0.2, 0.25) is 0 Å². The first kappa shape index (κ1) is 15.9. The highest BCUT2D eigenvalue weighted by atomic mass is 16.6. The molecule has 1 aromatic rings. The highest BCUT2D eigenvalue weighted by Crippen LogP contribution is 2.20. The number of nitrogens with zero attached hydrogens (tertiary/aromatic N) is 1. The van der Waals surface area contributed by atoms with Gasteiger partial charge in [0.25, 0.3) is 5.69 Å². The summed E-state index contributed by atoms with van der Waals surface area (Å²) >= 11 is 0. The Labute approximate surface area is 116 Å². The van der Waals surface area contributed by atoms with Crippen molar-refractivity contribution in [3.8, 4) is 0 Å². The Balaban J connectivity index is 2.63. The van der Waals surface area contributed by atoms with E-state index in [1.807, 2.05) is 20.8 Å². The summed E-state index contributed by atoms with van der Waals surface area (Å²) in [7, 11) is 0. The second kappa shape index (κ2) is 6.33. The van der Waals surface area contributed by atoms with Gasteiger partial charge in [0.2, 0.25) is 0 Å². The van der Waals surface area contributed by atoms with Crippen LogP contribution in [-0.4, -0.2) is 29.7 Å². The Kier molecular flexibility index (Phi) is 5.04. The van der Waals surface area contributed by atoms with E-state index in [0.29, 0.717) is 0 Å². The van der Waals surface area contributed by atoms with E-state index in [-0.39, 0.29) is 35.8 Å². The largest absolute Gasteiger partial charge is 0.460 e. The molecular weight excluding hydrogens is 264 g/mol. The van der Waals surface area contributed by atoms with Gasteiger partial charge in [-0.25, -0.2) is 4.79 Å². The van der Waals surface area contributed by atoms with Gasteiger partial charge >= 0.3 is 5.97 Å². The molecule has 0 saturated carbocycles. The summed E-state index contributed by atoms with van der Waals surface area (Å²) < 4.78 is 10.4. The summed E-state index contributed by atoms with van der Waals surface area (Å²) in [5.41, 5.74) is 5.19. The third-order valence-electron chi connectivity index (χ3n) is 2.32. The lowest BCUT2D eigenvalue weighted by Gasteiger charge is -2.19. The Hall–Kier alpha value is -2.15. The second-order valence-electron chi connectivity index (χ2n) is 5.13. The smallest absolute Gasteiger partial charge is 0.340 e. The maximum absolute atomic E-state index is 11.8. The van der Waals surface area contributed by atoms with E-state index in [1.54, 1.807) is 0 Å². The van der Waals surface area contributed by atoms with E-state index in [0.717, 1.165) is 6.07 Å². The van der Waals surface area contributed by atoms with Crippen LogP contribution in [0.15, 0.2) is 18.2 Å². The number of esters is 1. The molecule has 0 unspecified atom stereocenters. The average molecular weight is 282 g/mol. The van der Waals surface area contributed by atoms with Gasteiger partial charge in [0, 0.05) is 17.8 Å². The number of benzene rings is 1. The van der Waals surface area contributed by atoms with Crippen LogP contribution in [0.4, 0.5) is 11.4 Å². The van der Waals surface area contributed by atoms with E-state index >= 15 is 0 Å². The number of anilines is 1. The lowest BCUT2D eigenvalue weighted by atomic mass is 10.1. The zero-order chi connectivity index (χ0) is 15.3. The van der Waals surface area contributed by atoms with Gasteiger partial charge in [-0.2, -0.15) is 0 Å². The maximum atomic E-state index is 11.8. The Morgan fingerprint density at radius 3 is 2.55 bits per heavy atom. The lowest BCUT2D eigenvalue weighted by Crippen LogP contribution is -2.22. The van der Waals surface area contributed by atoms with Gasteiger partial charge in [-0.3, -0.25) is 10.1 Å². The van der Waals surface area contributed by atoms with Gasteiger partial charge < -0.3 is 15.2 Å². The molecule has 20 heavy (non-hydrogen) atoms. The highest BCUT2D eigenvalue weighted by molar-refractivity contribution is 5.95. The molecule has 0 atom stereocenters. The van der Waals surface area contributed by atoms with Crippen LogP contribution in [0.25, 0.3) is 0 Å². The van der Waals surface area contributed by atoms with Crippen LogP contribution < -0.4 is 5.73 Å². The number of hydrogen-bond acceptors (Lipinski definition) is 6. The van der Waals surface area contributed by atoms with E-state index in [9.17, 15) is 14.9 Å². The number of carbonyl (C=O) groups excluding carboxylic acids is 1. The number of ether oxygens (including phenoxy) is 2. The predicted molar refractivity (Wildman–Crippen MR) is 73.5 cm³/mol. The van der Waals surface area contributed by atoms with Gasteiger partial charge in [-0.05, 0) is 26.8 Å². The van der Waals surface area contributed by atoms with E-state index in [1.165, 1.54) is 12.1 Å². The topological polar surface area (TPSA) is 105 Å². The fourth-order valence-corrected chi connectivity index (χ4v) is 1.39. The van der Waals surface area contributed by atoms with Crippen molar-refractivity contribution in [2.45, 2.75) is 26.4 Å². The first-order valence-electron chi connectivity index (χ1n) is 6.06. The molecule has 1 rings (SSSR count). The maximum Gasteiger partial charge on any atom is 0.340 e. The Bertz CT molecular complexity index is 508. The van der Waals surface area contributed by atoms with Gasteiger partial charge in [-0.15, -0.1) is 0 Å². The highest BCUT2D eigenvalue weighted by Gasteiger charge is 2.17. The van der Waals surface area contributed by atoms with Gasteiger partial charge in [0.15, 0.2) is 0 Å². The van der Waals surface area contributed by atoms with Crippen LogP contribution in [0.5, 0.6) is 0 Å². The molecule has 7 heteroatoms. The van der Waals surface area contributed by atoms with Gasteiger partial charge in [0.05, 0.1) is 22.7 Å². The molecular formula is C13H18N2O5. The number of nitro benzene ring substituents is 1. The number of hydrogen-bond donors (Lipinski definition) is 1. The summed E-state index contributed by atoms with van der Waals surface area (Å²) in [4.78, 5) is 21.8. The van der Waals surface area contributed by atoms with Crippen molar-refractivity contribution in [3.63, 3.8) is 0 Å². The summed E-state index contributed by atoms with van der Waals surface area (Å²) in [5.74, 6) is -0.705. The number of nitrogens with two attached hydrogens (primary N) is 1. The molecule has 0 spiro atoms. The second-order valence-corrected chi connectivity index (χ2v) is 5.13. The summed E-state index contributed by atoms with van der Waals surface area (Å²) in [5, 5.41) is 10.7. The van der Waals surface area contributed by atoms with Crippen LogP contribution in [0, 0.1) is 10.1 Å². The molecule has 2 N–H and O–H groups in total. The molecule has 0 bridgehead atoms. The Morgan fingerprint density at radius 1 is 1.35 bits per heavy atom. The minimum atomic E-state index is -0.705. The fourth-order valence-electron chi connectivity index (χ4n) is 1.39. The number of carbonyl (C=O) groups is 1. The molecule has 0 aromatic heterocycles. The molecule has 1 aromatic carbocycles. The van der Waals surface area contributed by atoms with Crippen molar-refractivity contribution in [1.82, 2.24) is 0 Å². The van der Waals surface area contributed by atoms with Crippen LogP contribution in [0.1, 0.15) is 31.1 Å². The van der Waals surface area contributed by atoms with E-state index < -0.39 is 10.9 Å². The van der Waals surface area contributed by atoms with Crippen LogP contribution in [0.3, 0.4) is 0 Å².